The van der Waals surface area contributed by atoms with Crippen LogP contribution in [0.3, 0.4) is 0 Å². The van der Waals surface area contributed by atoms with Crippen LogP contribution < -0.4 is 0 Å². The Morgan fingerprint density at radius 2 is 2.50 bits per heavy atom. The highest BCUT2D eigenvalue weighted by Crippen LogP contribution is 2.24. The molecule has 0 amide bonds. The van der Waals surface area contributed by atoms with Crippen molar-refractivity contribution >= 4 is 17.7 Å². The molecule has 20 heavy (non-hydrogen) atoms. The molecule has 2 rings (SSSR count). The third-order valence-electron chi connectivity index (χ3n) is 2.48. The van der Waals surface area contributed by atoms with Crippen LogP contribution in [-0.2, 0) is 17.0 Å². The van der Waals surface area contributed by atoms with Crippen molar-refractivity contribution in [2.24, 2.45) is 0 Å². The number of allylic oxidation sites excluding steroid dienone is 1. The fraction of sp³-hybridized carbons (Fsp3) is 0.308. The van der Waals surface area contributed by atoms with E-state index in [1.54, 1.807) is 25.4 Å². The molecular weight excluding hydrogens is 278 g/mol. The molecule has 0 fully saturated rings. The standard InChI is InChI=1S/C13H15N3O3S/c1-3-6-16-9-14-15-13(16)20-8-11-10(5-7-19-11)12(17)18-4-2/h3,5,7,9H,1,4,6,8H2,2H3. The molecule has 0 spiro atoms. The summed E-state index contributed by atoms with van der Waals surface area (Å²) >= 11 is 1.44. The number of rotatable bonds is 7. The van der Waals surface area contributed by atoms with Crippen LogP contribution in [-0.4, -0.2) is 27.3 Å². The SMILES string of the molecule is C=CCn1cnnc1SCc1occc1C(=O)OCC. The van der Waals surface area contributed by atoms with Gasteiger partial charge in [-0.25, -0.2) is 4.79 Å². The Bertz CT molecular complexity index is 591. The molecule has 0 radical (unpaired) electrons. The van der Waals surface area contributed by atoms with Gasteiger partial charge in [-0.05, 0) is 13.0 Å². The lowest BCUT2D eigenvalue weighted by atomic mass is 10.3. The number of carbonyl (C=O) groups is 1. The van der Waals surface area contributed by atoms with Crippen molar-refractivity contribution in [2.75, 3.05) is 6.61 Å². The van der Waals surface area contributed by atoms with Crippen molar-refractivity contribution in [1.29, 1.82) is 0 Å². The molecule has 2 aromatic heterocycles. The third kappa shape index (κ3) is 3.30. The summed E-state index contributed by atoms with van der Waals surface area (Å²) in [6.45, 7) is 6.42. The molecule has 0 atom stereocenters. The Morgan fingerprint density at radius 1 is 1.65 bits per heavy atom. The van der Waals surface area contributed by atoms with Crippen LogP contribution in [0, 0.1) is 0 Å². The average molecular weight is 293 g/mol. The average Bonchev–Trinajstić information content (AvgIpc) is 3.05. The first-order valence-corrected chi connectivity index (χ1v) is 7.09. The predicted molar refractivity (Wildman–Crippen MR) is 74.4 cm³/mol. The number of thioether (sulfide) groups is 1. The second-order valence-corrected chi connectivity index (χ2v) is 4.76. The van der Waals surface area contributed by atoms with Gasteiger partial charge in [0.05, 0.1) is 18.6 Å². The number of ether oxygens (including phenoxy) is 1. The quantitative estimate of drug-likeness (QED) is 0.444. The van der Waals surface area contributed by atoms with E-state index in [-0.39, 0.29) is 5.97 Å². The van der Waals surface area contributed by atoms with Gasteiger partial charge in [-0.1, -0.05) is 17.8 Å². The van der Waals surface area contributed by atoms with Gasteiger partial charge in [0.1, 0.15) is 17.7 Å². The molecule has 0 aliphatic carbocycles. The zero-order valence-electron chi connectivity index (χ0n) is 11.1. The largest absolute Gasteiger partial charge is 0.468 e. The number of aromatic nitrogens is 3. The van der Waals surface area contributed by atoms with Crippen LogP contribution in [0.15, 0.2) is 40.9 Å². The van der Waals surface area contributed by atoms with Gasteiger partial charge in [-0.15, -0.1) is 16.8 Å². The normalized spacial score (nSPS) is 10.4. The van der Waals surface area contributed by atoms with Crippen LogP contribution in [0.4, 0.5) is 0 Å². The molecule has 106 valence electrons. The van der Waals surface area contributed by atoms with Gasteiger partial charge in [-0.3, -0.25) is 0 Å². The Morgan fingerprint density at radius 3 is 3.25 bits per heavy atom. The summed E-state index contributed by atoms with van der Waals surface area (Å²) < 4.78 is 12.2. The minimum atomic E-state index is -0.371. The number of furan rings is 1. The maximum absolute atomic E-state index is 11.7. The fourth-order valence-electron chi connectivity index (χ4n) is 1.59. The van der Waals surface area contributed by atoms with Crippen LogP contribution in [0.25, 0.3) is 0 Å². The number of nitrogens with zero attached hydrogens (tertiary/aromatic N) is 3. The van der Waals surface area contributed by atoms with Gasteiger partial charge < -0.3 is 13.7 Å². The predicted octanol–water partition coefficient (Wildman–Crippen LogP) is 2.53. The first-order chi connectivity index (χ1) is 9.76. The number of carbonyl (C=O) groups excluding carboxylic acids is 1. The van der Waals surface area contributed by atoms with Gasteiger partial charge in [-0.2, -0.15) is 0 Å². The van der Waals surface area contributed by atoms with E-state index < -0.39 is 0 Å². The molecule has 0 unspecified atom stereocenters. The summed E-state index contributed by atoms with van der Waals surface area (Å²) in [5, 5.41) is 8.61. The third-order valence-corrected chi connectivity index (χ3v) is 3.46. The maximum atomic E-state index is 11.7. The summed E-state index contributed by atoms with van der Waals surface area (Å²) in [6.07, 6.45) is 4.89. The molecule has 0 saturated heterocycles. The zero-order chi connectivity index (χ0) is 14.4. The summed E-state index contributed by atoms with van der Waals surface area (Å²) in [5.74, 6) is 0.683. The van der Waals surface area contributed by atoms with Crippen LogP contribution >= 0.6 is 11.8 Å². The van der Waals surface area contributed by atoms with Crippen molar-refractivity contribution in [3.8, 4) is 0 Å². The second-order valence-electron chi connectivity index (χ2n) is 3.82. The number of esters is 1. The molecule has 0 aromatic carbocycles. The summed E-state index contributed by atoms with van der Waals surface area (Å²) in [7, 11) is 0. The Kier molecular flexibility index (Phi) is 5.00. The molecule has 0 saturated carbocycles. The summed E-state index contributed by atoms with van der Waals surface area (Å²) in [4.78, 5) is 11.7. The molecule has 6 nitrogen and oxygen atoms in total. The van der Waals surface area contributed by atoms with Crippen LogP contribution in [0.1, 0.15) is 23.0 Å². The lowest BCUT2D eigenvalue weighted by Gasteiger charge is -2.04. The number of hydrogen-bond acceptors (Lipinski definition) is 6. The van der Waals surface area contributed by atoms with Crippen molar-refractivity contribution in [3.63, 3.8) is 0 Å². The molecule has 0 aliphatic heterocycles. The van der Waals surface area contributed by atoms with Gasteiger partial charge in [0.15, 0.2) is 5.16 Å². The summed E-state index contributed by atoms with van der Waals surface area (Å²) in [6, 6.07) is 1.61. The fourth-order valence-corrected chi connectivity index (χ4v) is 2.47. The lowest BCUT2D eigenvalue weighted by Crippen LogP contribution is -2.05. The van der Waals surface area contributed by atoms with E-state index in [0.717, 1.165) is 5.16 Å². The van der Waals surface area contributed by atoms with E-state index in [2.05, 4.69) is 16.8 Å². The Hall–Kier alpha value is -2.02. The van der Waals surface area contributed by atoms with Crippen molar-refractivity contribution in [3.05, 3.63) is 42.6 Å². The van der Waals surface area contributed by atoms with Gasteiger partial charge >= 0.3 is 5.97 Å². The number of hydrogen-bond donors (Lipinski definition) is 0. The zero-order valence-corrected chi connectivity index (χ0v) is 11.9. The minimum Gasteiger partial charge on any atom is -0.468 e. The monoisotopic (exact) mass is 293 g/mol. The highest BCUT2D eigenvalue weighted by atomic mass is 32.2. The van der Waals surface area contributed by atoms with Crippen molar-refractivity contribution in [2.45, 2.75) is 24.4 Å². The molecule has 2 heterocycles. The van der Waals surface area contributed by atoms with Crippen LogP contribution in [0.5, 0.6) is 0 Å². The molecule has 7 heteroatoms. The van der Waals surface area contributed by atoms with Gasteiger partial charge in [0.25, 0.3) is 0 Å². The van der Waals surface area contributed by atoms with Crippen molar-refractivity contribution in [1.82, 2.24) is 14.8 Å². The molecule has 0 bridgehead atoms. The smallest absolute Gasteiger partial charge is 0.341 e. The van der Waals surface area contributed by atoms with E-state index >= 15 is 0 Å². The molecular formula is C13H15N3O3S. The molecule has 0 N–H and O–H groups in total. The van der Waals surface area contributed by atoms with E-state index in [4.69, 9.17) is 9.15 Å². The van der Waals surface area contributed by atoms with Gasteiger partial charge in [0.2, 0.25) is 0 Å². The van der Waals surface area contributed by atoms with E-state index in [0.29, 0.717) is 30.2 Å². The lowest BCUT2D eigenvalue weighted by molar-refractivity contribution is 0.0524. The molecule has 0 aliphatic rings. The maximum Gasteiger partial charge on any atom is 0.341 e. The second kappa shape index (κ2) is 6.95. The highest BCUT2D eigenvalue weighted by molar-refractivity contribution is 7.98. The van der Waals surface area contributed by atoms with Gasteiger partial charge in [0, 0.05) is 6.54 Å². The van der Waals surface area contributed by atoms with E-state index in [1.165, 1.54) is 18.0 Å². The highest BCUT2D eigenvalue weighted by Gasteiger charge is 2.16. The molecule has 2 aromatic rings. The Balaban J connectivity index is 2.04. The minimum absolute atomic E-state index is 0.338. The topological polar surface area (TPSA) is 70.2 Å². The summed E-state index contributed by atoms with van der Waals surface area (Å²) in [5.41, 5.74) is 0.453. The first kappa shape index (κ1) is 14.4. The Labute approximate surface area is 120 Å². The first-order valence-electron chi connectivity index (χ1n) is 6.11. The van der Waals surface area contributed by atoms with E-state index in [1.807, 2.05) is 4.57 Å². The van der Waals surface area contributed by atoms with E-state index in [9.17, 15) is 4.79 Å². The van der Waals surface area contributed by atoms with Crippen molar-refractivity contribution < 1.29 is 13.9 Å². The van der Waals surface area contributed by atoms with Crippen LogP contribution in [0.2, 0.25) is 0 Å².